The quantitative estimate of drug-likeness (QED) is 0.771. The molecule has 0 spiro atoms. The molecule has 3 nitrogen and oxygen atoms in total. The van der Waals surface area contributed by atoms with Crippen LogP contribution in [0.5, 0.6) is 0 Å². The Balaban J connectivity index is 2.45. The van der Waals surface area contributed by atoms with Crippen LogP contribution in [-0.2, 0) is 11.2 Å². The zero-order chi connectivity index (χ0) is 14.3. The lowest BCUT2D eigenvalue weighted by Gasteiger charge is -2.17. The largest absolute Gasteiger partial charge is 0.345 e. The fourth-order valence-corrected chi connectivity index (χ4v) is 1.76. The average molecular weight is 270 g/mol. The number of amides is 1. The fraction of sp³-hybridized carbons (Fsp3) is 0.500. The Kier molecular flexibility index (Phi) is 6.42. The highest BCUT2D eigenvalue weighted by Crippen LogP contribution is 2.11. The molecular weight excluding hydrogens is 250 g/mol. The van der Waals surface area contributed by atoms with Gasteiger partial charge in [-0.05, 0) is 31.0 Å². The first kappa shape index (κ1) is 15.6. The highest BCUT2D eigenvalue weighted by atomic mass is 19.1. The Morgan fingerprint density at radius 1 is 1.26 bits per heavy atom. The van der Waals surface area contributed by atoms with E-state index in [4.69, 9.17) is 5.73 Å². The van der Waals surface area contributed by atoms with E-state index in [1.807, 2.05) is 0 Å². The van der Waals surface area contributed by atoms with Gasteiger partial charge in [-0.25, -0.2) is 8.78 Å². The van der Waals surface area contributed by atoms with Gasteiger partial charge in [-0.3, -0.25) is 4.79 Å². The molecule has 0 saturated carbocycles. The molecular formula is C14H20F2N2O. The van der Waals surface area contributed by atoms with Gasteiger partial charge in [0.25, 0.3) is 0 Å². The first-order chi connectivity index (χ1) is 9.04. The smallest absolute Gasteiger partial charge is 0.226 e. The molecule has 0 heterocycles. The summed E-state index contributed by atoms with van der Waals surface area (Å²) in [5.74, 6) is -1.48. The summed E-state index contributed by atoms with van der Waals surface area (Å²) in [6, 6.07) is 3.27. The van der Waals surface area contributed by atoms with E-state index in [-0.39, 0.29) is 17.9 Å². The summed E-state index contributed by atoms with van der Waals surface area (Å²) in [5, 5.41) is 0. The average Bonchev–Trinajstić information content (AvgIpc) is 2.37. The van der Waals surface area contributed by atoms with E-state index >= 15 is 0 Å². The van der Waals surface area contributed by atoms with Crippen LogP contribution in [0.3, 0.4) is 0 Å². The van der Waals surface area contributed by atoms with Crippen LogP contribution in [0.25, 0.3) is 0 Å². The molecule has 1 rings (SSSR count). The van der Waals surface area contributed by atoms with Crippen LogP contribution in [0, 0.1) is 11.6 Å². The number of nitrogens with two attached hydrogens (primary N) is 1. The molecule has 0 saturated heterocycles. The van der Waals surface area contributed by atoms with Crippen LogP contribution in [0.2, 0.25) is 0 Å². The standard InChI is InChI=1S/C14H20F2N2O/c1-18(8-4-2-3-7-17)14(19)9-11-5-6-12(15)10-13(11)16/h5-6,10H,2-4,7-9,17H2,1H3. The van der Waals surface area contributed by atoms with Crippen LogP contribution in [-0.4, -0.2) is 30.9 Å². The SMILES string of the molecule is CN(CCCCCN)C(=O)Cc1ccc(F)cc1F. The van der Waals surface area contributed by atoms with Crippen molar-refractivity contribution in [1.82, 2.24) is 4.90 Å². The third kappa shape index (κ3) is 5.34. The maximum atomic E-state index is 13.4. The molecule has 0 aromatic heterocycles. The van der Waals surface area contributed by atoms with Crippen molar-refractivity contribution in [2.45, 2.75) is 25.7 Å². The van der Waals surface area contributed by atoms with Crippen LogP contribution in [0.4, 0.5) is 8.78 Å². The van der Waals surface area contributed by atoms with Gasteiger partial charge in [-0.1, -0.05) is 12.5 Å². The van der Waals surface area contributed by atoms with Crippen LogP contribution in [0.1, 0.15) is 24.8 Å². The number of carbonyl (C=O) groups is 1. The molecule has 19 heavy (non-hydrogen) atoms. The molecule has 0 fully saturated rings. The second-order valence-corrected chi connectivity index (χ2v) is 4.58. The van der Waals surface area contributed by atoms with Crippen molar-refractivity contribution < 1.29 is 13.6 Å². The van der Waals surface area contributed by atoms with Gasteiger partial charge in [-0.15, -0.1) is 0 Å². The molecule has 2 N–H and O–H groups in total. The number of halogens is 2. The minimum Gasteiger partial charge on any atom is -0.345 e. The maximum absolute atomic E-state index is 13.4. The number of benzene rings is 1. The zero-order valence-corrected chi connectivity index (χ0v) is 11.2. The van der Waals surface area contributed by atoms with E-state index in [0.717, 1.165) is 31.4 Å². The third-order valence-electron chi connectivity index (χ3n) is 2.98. The Morgan fingerprint density at radius 3 is 2.63 bits per heavy atom. The zero-order valence-electron chi connectivity index (χ0n) is 11.2. The lowest BCUT2D eigenvalue weighted by atomic mass is 10.1. The van der Waals surface area contributed by atoms with Gasteiger partial charge in [0.05, 0.1) is 6.42 Å². The van der Waals surface area contributed by atoms with E-state index in [1.165, 1.54) is 6.07 Å². The number of hydrogen-bond acceptors (Lipinski definition) is 2. The summed E-state index contributed by atoms with van der Waals surface area (Å²) in [6.07, 6.45) is 2.75. The highest BCUT2D eigenvalue weighted by Gasteiger charge is 2.12. The van der Waals surface area contributed by atoms with E-state index in [2.05, 4.69) is 0 Å². The molecule has 0 atom stereocenters. The summed E-state index contributed by atoms with van der Waals surface area (Å²) in [4.78, 5) is 13.4. The van der Waals surface area contributed by atoms with Crippen molar-refractivity contribution in [3.05, 3.63) is 35.4 Å². The minimum atomic E-state index is -0.676. The first-order valence-electron chi connectivity index (χ1n) is 6.42. The molecule has 1 aromatic carbocycles. The number of likely N-dealkylation sites (N-methyl/N-ethyl adjacent to an activating group) is 1. The van der Waals surface area contributed by atoms with Gasteiger partial charge in [0, 0.05) is 19.7 Å². The number of nitrogens with zero attached hydrogens (tertiary/aromatic N) is 1. The number of carbonyl (C=O) groups excluding carboxylic acids is 1. The van der Waals surface area contributed by atoms with Crippen molar-refractivity contribution in [3.63, 3.8) is 0 Å². The van der Waals surface area contributed by atoms with E-state index < -0.39 is 11.6 Å². The van der Waals surface area contributed by atoms with Crippen molar-refractivity contribution in [2.75, 3.05) is 20.1 Å². The molecule has 1 amide bonds. The summed E-state index contributed by atoms with van der Waals surface area (Å²) in [6.45, 7) is 1.28. The number of unbranched alkanes of at least 4 members (excludes halogenated alkanes) is 2. The topological polar surface area (TPSA) is 46.3 Å². The van der Waals surface area contributed by atoms with Gasteiger partial charge in [0.2, 0.25) is 5.91 Å². The van der Waals surface area contributed by atoms with Gasteiger partial charge in [0.15, 0.2) is 0 Å². The molecule has 106 valence electrons. The summed E-state index contributed by atoms with van der Waals surface area (Å²) < 4.78 is 26.1. The molecule has 5 heteroatoms. The Bertz CT molecular complexity index is 424. The van der Waals surface area contributed by atoms with E-state index in [0.29, 0.717) is 13.1 Å². The van der Waals surface area contributed by atoms with Crippen molar-refractivity contribution in [3.8, 4) is 0 Å². The van der Waals surface area contributed by atoms with Gasteiger partial charge >= 0.3 is 0 Å². The van der Waals surface area contributed by atoms with Crippen LogP contribution in [0.15, 0.2) is 18.2 Å². The molecule has 0 radical (unpaired) electrons. The highest BCUT2D eigenvalue weighted by molar-refractivity contribution is 5.78. The van der Waals surface area contributed by atoms with Crippen molar-refractivity contribution >= 4 is 5.91 Å². The van der Waals surface area contributed by atoms with Crippen LogP contribution >= 0.6 is 0 Å². The fourth-order valence-electron chi connectivity index (χ4n) is 1.76. The predicted octanol–water partition coefficient (Wildman–Crippen LogP) is 2.09. The molecule has 0 aliphatic heterocycles. The third-order valence-corrected chi connectivity index (χ3v) is 2.98. The van der Waals surface area contributed by atoms with Crippen molar-refractivity contribution in [2.24, 2.45) is 5.73 Å². The van der Waals surface area contributed by atoms with Gasteiger partial charge < -0.3 is 10.6 Å². The van der Waals surface area contributed by atoms with Crippen LogP contribution < -0.4 is 5.73 Å². The Labute approximate surface area is 112 Å². The Hall–Kier alpha value is -1.49. The van der Waals surface area contributed by atoms with Crippen molar-refractivity contribution in [1.29, 1.82) is 0 Å². The lowest BCUT2D eigenvalue weighted by molar-refractivity contribution is -0.129. The number of hydrogen-bond donors (Lipinski definition) is 1. The molecule has 0 aliphatic rings. The molecule has 0 unspecified atom stereocenters. The maximum Gasteiger partial charge on any atom is 0.226 e. The molecule has 0 aliphatic carbocycles. The van der Waals surface area contributed by atoms with Gasteiger partial charge in [-0.2, -0.15) is 0 Å². The molecule has 1 aromatic rings. The summed E-state index contributed by atoms with van der Waals surface area (Å²) in [7, 11) is 1.69. The first-order valence-corrected chi connectivity index (χ1v) is 6.42. The summed E-state index contributed by atoms with van der Waals surface area (Å²) >= 11 is 0. The minimum absolute atomic E-state index is 0.0422. The Morgan fingerprint density at radius 2 is 2.00 bits per heavy atom. The monoisotopic (exact) mass is 270 g/mol. The number of rotatable bonds is 7. The second kappa shape index (κ2) is 7.84. The van der Waals surface area contributed by atoms with E-state index in [9.17, 15) is 13.6 Å². The van der Waals surface area contributed by atoms with E-state index in [1.54, 1.807) is 11.9 Å². The predicted molar refractivity (Wildman–Crippen MR) is 70.6 cm³/mol. The normalized spacial score (nSPS) is 10.5. The summed E-state index contributed by atoms with van der Waals surface area (Å²) in [5.41, 5.74) is 5.61. The molecule has 0 bridgehead atoms. The van der Waals surface area contributed by atoms with Gasteiger partial charge in [0.1, 0.15) is 11.6 Å². The second-order valence-electron chi connectivity index (χ2n) is 4.58. The lowest BCUT2D eigenvalue weighted by Crippen LogP contribution is -2.29.